The Balaban J connectivity index is 2.05. The predicted octanol–water partition coefficient (Wildman–Crippen LogP) is 4.07. The van der Waals surface area contributed by atoms with Crippen molar-refractivity contribution in [1.29, 1.82) is 0 Å². The number of aryl methyl sites for hydroxylation is 1. The van der Waals surface area contributed by atoms with Crippen molar-refractivity contribution in [3.8, 4) is 0 Å². The smallest absolute Gasteiger partial charge is 0.0549 e. The maximum Gasteiger partial charge on any atom is 0.0549 e. The monoisotopic (exact) mass is 226 g/mol. The summed E-state index contributed by atoms with van der Waals surface area (Å²) in [4.78, 5) is 0. The summed E-state index contributed by atoms with van der Waals surface area (Å²) in [6.07, 6.45) is 1.21. The van der Waals surface area contributed by atoms with E-state index in [2.05, 4.69) is 66.4 Å². The Bertz CT molecular complexity index is 476. The molecule has 1 aliphatic rings. The van der Waals surface area contributed by atoms with Crippen LogP contribution in [0.3, 0.4) is 0 Å². The van der Waals surface area contributed by atoms with Crippen molar-refractivity contribution in [2.45, 2.75) is 11.7 Å². The maximum absolute atomic E-state index is 2.28. The summed E-state index contributed by atoms with van der Waals surface area (Å²) < 4.78 is 0. The summed E-state index contributed by atoms with van der Waals surface area (Å²) in [5.41, 5.74) is 4.46. The highest BCUT2D eigenvalue weighted by Crippen LogP contribution is 2.41. The molecule has 2 aromatic rings. The molecular formula is C15H14S. The molecule has 0 saturated heterocycles. The van der Waals surface area contributed by atoms with E-state index in [1.54, 1.807) is 0 Å². The highest BCUT2D eigenvalue weighted by Gasteiger charge is 2.21. The fourth-order valence-electron chi connectivity index (χ4n) is 2.30. The number of benzene rings is 2. The lowest BCUT2D eigenvalue weighted by molar-refractivity contribution is 1.01. The number of hydrogen-bond donors (Lipinski definition) is 0. The highest BCUT2D eigenvalue weighted by atomic mass is 32.2. The van der Waals surface area contributed by atoms with Crippen molar-refractivity contribution >= 4 is 11.8 Å². The summed E-state index contributed by atoms with van der Waals surface area (Å²) in [7, 11) is 0. The van der Waals surface area contributed by atoms with Crippen molar-refractivity contribution in [2.75, 3.05) is 5.75 Å². The van der Waals surface area contributed by atoms with Crippen molar-refractivity contribution in [3.63, 3.8) is 0 Å². The van der Waals surface area contributed by atoms with E-state index in [0.29, 0.717) is 5.25 Å². The molecule has 80 valence electrons. The molecule has 0 amide bonds. The zero-order valence-electron chi connectivity index (χ0n) is 9.10. The molecule has 0 radical (unpaired) electrons. The minimum Gasteiger partial charge on any atom is -0.149 e. The molecule has 3 rings (SSSR count). The molecule has 0 spiro atoms. The van der Waals surface area contributed by atoms with Gasteiger partial charge in [-0.15, -0.1) is 11.8 Å². The van der Waals surface area contributed by atoms with Gasteiger partial charge in [0.25, 0.3) is 0 Å². The summed E-state index contributed by atoms with van der Waals surface area (Å²) in [6.45, 7) is 0. The standard InChI is InChI=1S/C15H14S/c1-2-7-13(8-3-1)15-14-9-5-4-6-12(14)10-11-16-15/h1-9,15H,10-11H2. The lowest BCUT2D eigenvalue weighted by Crippen LogP contribution is -2.09. The lowest BCUT2D eigenvalue weighted by atomic mass is 9.97. The molecule has 0 fully saturated rings. The zero-order chi connectivity index (χ0) is 10.8. The molecule has 1 heteroatoms. The van der Waals surface area contributed by atoms with E-state index < -0.39 is 0 Å². The summed E-state index contributed by atoms with van der Waals surface area (Å²) in [6, 6.07) is 19.7. The van der Waals surface area contributed by atoms with Gasteiger partial charge >= 0.3 is 0 Å². The summed E-state index contributed by atoms with van der Waals surface area (Å²) >= 11 is 2.06. The third-order valence-electron chi connectivity index (χ3n) is 3.10. The normalized spacial score (nSPS) is 19.1. The predicted molar refractivity (Wildman–Crippen MR) is 70.9 cm³/mol. The molecule has 1 unspecified atom stereocenters. The number of hydrogen-bond acceptors (Lipinski definition) is 1. The second kappa shape index (κ2) is 4.34. The second-order valence-corrected chi connectivity index (χ2v) is 5.32. The lowest BCUT2D eigenvalue weighted by Gasteiger charge is -2.25. The Labute approximate surface area is 101 Å². The SMILES string of the molecule is c1ccc(C2SCCc3ccccc32)cc1. The average Bonchev–Trinajstić information content (AvgIpc) is 2.39. The number of thioether (sulfide) groups is 1. The quantitative estimate of drug-likeness (QED) is 0.706. The van der Waals surface area contributed by atoms with Gasteiger partial charge in [-0.1, -0.05) is 54.6 Å². The first kappa shape index (κ1) is 9.98. The van der Waals surface area contributed by atoms with Crippen LogP contribution in [0.2, 0.25) is 0 Å². The molecular weight excluding hydrogens is 212 g/mol. The van der Waals surface area contributed by atoms with Gasteiger partial charge in [0, 0.05) is 0 Å². The molecule has 2 aromatic carbocycles. The summed E-state index contributed by atoms with van der Waals surface area (Å²) in [5, 5.41) is 0.533. The molecule has 0 bridgehead atoms. The van der Waals surface area contributed by atoms with Crippen LogP contribution >= 0.6 is 11.8 Å². The second-order valence-electron chi connectivity index (χ2n) is 4.11. The van der Waals surface area contributed by atoms with Gasteiger partial charge in [-0.25, -0.2) is 0 Å². The molecule has 1 heterocycles. The molecule has 1 atom stereocenters. The number of rotatable bonds is 1. The topological polar surface area (TPSA) is 0 Å². The molecule has 0 saturated carbocycles. The van der Waals surface area contributed by atoms with Gasteiger partial charge in [0.05, 0.1) is 5.25 Å². The van der Waals surface area contributed by atoms with Crippen LogP contribution in [0.4, 0.5) is 0 Å². The van der Waals surface area contributed by atoms with Crippen LogP contribution < -0.4 is 0 Å². The molecule has 0 aliphatic carbocycles. The van der Waals surface area contributed by atoms with E-state index in [-0.39, 0.29) is 0 Å². The Morgan fingerprint density at radius 3 is 2.50 bits per heavy atom. The Morgan fingerprint density at radius 2 is 1.62 bits per heavy atom. The average molecular weight is 226 g/mol. The van der Waals surface area contributed by atoms with E-state index in [0.717, 1.165) is 0 Å². The first-order valence-corrected chi connectivity index (χ1v) is 6.74. The third-order valence-corrected chi connectivity index (χ3v) is 4.40. The third kappa shape index (κ3) is 1.76. The van der Waals surface area contributed by atoms with Crippen LogP contribution in [0.25, 0.3) is 0 Å². The van der Waals surface area contributed by atoms with E-state index in [9.17, 15) is 0 Å². The maximum atomic E-state index is 2.28. The molecule has 0 aromatic heterocycles. The van der Waals surface area contributed by atoms with Gasteiger partial charge in [0.1, 0.15) is 0 Å². The van der Waals surface area contributed by atoms with Crippen molar-refractivity contribution < 1.29 is 0 Å². The molecule has 16 heavy (non-hydrogen) atoms. The van der Waals surface area contributed by atoms with Crippen molar-refractivity contribution in [1.82, 2.24) is 0 Å². The first-order valence-electron chi connectivity index (χ1n) is 5.69. The zero-order valence-corrected chi connectivity index (χ0v) is 9.91. The highest BCUT2D eigenvalue weighted by molar-refractivity contribution is 7.99. The van der Waals surface area contributed by atoms with E-state index >= 15 is 0 Å². The van der Waals surface area contributed by atoms with Crippen LogP contribution in [0, 0.1) is 0 Å². The van der Waals surface area contributed by atoms with Crippen LogP contribution in [0.1, 0.15) is 21.9 Å². The van der Waals surface area contributed by atoms with Crippen molar-refractivity contribution in [2.24, 2.45) is 0 Å². The molecule has 1 aliphatic heterocycles. The van der Waals surface area contributed by atoms with E-state index in [1.165, 1.54) is 28.9 Å². The molecule has 0 nitrogen and oxygen atoms in total. The minimum atomic E-state index is 0.533. The molecule has 0 N–H and O–H groups in total. The number of fused-ring (bicyclic) bond motifs is 1. The van der Waals surface area contributed by atoms with Crippen LogP contribution in [-0.2, 0) is 6.42 Å². The van der Waals surface area contributed by atoms with E-state index in [1.807, 2.05) is 0 Å². The van der Waals surface area contributed by atoms with Gasteiger partial charge in [-0.2, -0.15) is 0 Å². The van der Waals surface area contributed by atoms with Gasteiger partial charge < -0.3 is 0 Å². The summed E-state index contributed by atoms with van der Waals surface area (Å²) in [5.74, 6) is 1.23. The Kier molecular flexibility index (Phi) is 2.71. The van der Waals surface area contributed by atoms with Gasteiger partial charge in [-0.05, 0) is 28.9 Å². The van der Waals surface area contributed by atoms with Crippen molar-refractivity contribution in [3.05, 3.63) is 71.3 Å². The fraction of sp³-hybridized carbons (Fsp3) is 0.200. The minimum absolute atomic E-state index is 0.533. The van der Waals surface area contributed by atoms with Crippen LogP contribution in [0.5, 0.6) is 0 Å². The fourth-order valence-corrected chi connectivity index (χ4v) is 3.63. The van der Waals surface area contributed by atoms with Gasteiger partial charge in [0.2, 0.25) is 0 Å². The Morgan fingerprint density at radius 1 is 0.875 bits per heavy atom. The Hall–Kier alpha value is -1.21. The van der Waals surface area contributed by atoms with Gasteiger partial charge in [0.15, 0.2) is 0 Å². The first-order chi connectivity index (χ1) is 7.95. The van der Waals surface area contributed by atoms with Crippen LogP contribution in [-0.4, -0.2) is 5.75 Å². The van der Waals surface area contributed by atoms with E-state index in [4.69, 9.17) is 0 Å². The largest absolute Gasteiger partial charge is 0.149 e. The van der Waals surface area contributed by atoms with Crippen LogP contribution in [0.15, 0.2) is 54.6 Å². The van der Waals surface area contributed by atoms with Gasteiger partial charge in [-0.3, -0.25) is 0 Å².